The van der Waals surface area contributed by atoms with Crippen molar-refractivity contribution in [2.45, 2.75) is 23.7 Å². The first-order valence-corrected chi connectivity index (χ1v) is 10.7. The van der Waals surface area contributed by atoms with Gasteiger partial charge in [0.2, 0.25) is 10.0 Å². The van der Waals surface area contributed by atoms with Crippen molar-refractivity contribution in [3.63, 3.8) is 0 Å². The Kier molecular flexibility index (Phi) is 4.49. The van der Waals surface area contributed by atoms with Crippen molar-refractivity contribution in [3.8, 4) is 6.07 Å². The molecule has 1 saturated heterocycles. The Labute approximate surface area is 156 Å². The van der Waals surface area contributed by atoms with Crippen molar-refractivity contribution in [3.05, 3.63) is 59.1 Å². The molecular formula is C19H17N3O2S2. The first-order chi connectivity index (χ1) is 12.6. The zero-order valence-electron chi connectivity index (χ0n) is 14.0. The molecule has 5 nitrogen and oxygen atoms in total. The molecule has 2 aromatic carbocycles. The maximum atomic E-state index is 13.0. The Hall–Kier alpha value is -2.27. The average Bonchev–Trinajstić information content (AvgIpc) is 3.12. The first kappa shape index (κ1) is 17.2. The Morgan fingerprint density at radius 2 is 2.04 bits per heavy atom. The highest BCUT2D eigenvalue weighted by Gasteiger charge is 2.32. The molecule has 2 heterocycles. The monoisotopic (exact) mass is 383 g/mol. The van der Waals surface area contributed by atoms with E-state index in [-0.39, 0.29) is 10.8 Å². The number of hydrogen-bond donors (Lipinski definition) is 0. The Morgan fingerprint density at radius 1 is 1.19 bits per heavy atom. The number of piperidine rings is 1. The molecule has 0 N–H and O–H groups in total. The van der Waals surface area contributed by atoms with Gasteiger partial charge in [-0.25, -0.2) is 13.4 Å². The molecule has 0 unspecified atom stereocenters. The van der Waals surface area contributed by atoms with Gasteiger partial charge in [-0.05, 0) is 43.2 Å². The van der Waals surface area contributed by atoms with E-state index < -0.39 is 10.0 Å². The highest BCUT2D eigenvalue weighted by atomic mass is 32.2. The second-order valence-electron chi connectivity index (χ2n) is 6.36. The Bertz CT molecular complexity index is 1070. The van der Waals surface area contributed by atoms with Gasteiger partial charge < -0.3 is 0 Å². The summed E-state index contributed by atoms with van der Waals surface area (Å²) in [6.07, 6.45) is 1.74. The predicted molar refractivity (Wildman–Crippen MR) is 102 cm³/mol. The van der Waals surface area contributed by atoms with E-state index in [1.807, 2.05) is 30.3 Å². The summed E-state index contributed by atoms with van der Waals surface area (Å²) in [7, 11) is -3.61. The molecule has 26 heavy (non-hydrogen) atoms. The van der Waals surface area contributed by atoms with Crippen LogP contribution in [0.1, 0.15) is 29.3 Å². The van der Waals surface area contributed by atoms with Crippen LogP contribution in [0.2, 0.25) is 0 Å². The second kappa shape index (κ2) is 6.80. The van der Waals surface area contributed by atoms with Gasteiger partial charge in [0.25, 0.3) is 0 Å². The summed E-state index contributed by atoms with van der Waals surface area (Å²) < 4.78 is 28.7. The summed E-state index contributed by atoms with van der Waals surface area (Å²) >= 11 is 1.64. The highest BCUT2D eigenvalue weighted by Crippen LogP contribution is 2.34. The van der Waals surface area contributed by atoms with E-state index in [9.17, 15) is 8.42 Å². The lowest BCUT2D eigenvalue weighted by molar-refractivity contribution is 0.315. The highest BCUT2D eigenvalue weighted by molar-refractivity contribution is 7.89. The number of nitrogens with zero attached hydrogens (tertiary/aromatic N) is 3. The fraction of sp³-hybridized carbons (Fsp3) is 0.263. The van der Waals surface area contributed by atoms with Gasteiger partial charge >= 0.3 is 0 Å². The number of aromatic nitrogens is 1. The molecule has 4 rings (SSSR count). The van der Waals surface area contributed by atoms with Gasteiger partial charge in [0.05, 0.1) is 31.8 Å². The SMILES string of the molecule is N#Cc1cccc(S(=O)(=O)N2CCC[C@H](c3nc4ccccc4s3)C2)c1. The summed E-state index contributed by atoms with van der Waals surface area (Å²) in [4.78, 5) is 4.89. The zero-order valence-corrected chi connectivity index (χ0v) is 15.6. The van der Waals surface area contributed by atoms with Gasteiger partial charge in [-0.1, -0.05) is 18.2 Å². The molecule has 1 fully saturated rings. The van der Waals surface area contributed by atoms with Gasteiger partial charge in [0.1, 0.15) is 0 Å². The van der Waals surface area contributed by atoms with Gasteiger partial charge in [-0.3, -0.25) is 0 Å². The van der Waals surface area contributed by atoms with E-state index in [0.29, 0.717) is 18.7 Å². The van der Waals surface area contributed by atoms with Crippen LogP contribution in [-0.2, 0) is 10.0 Å². The molecule has 3 aromatic rings. The number of thiazole rings is 1. The van der Waals surface area contributed by atoms with Gasteiger partial charge in [-0.15, -0.1) is 11.3 Å². The van der Waals surface area contributed by atoms with E-state index >= 15 is 0 Å². The summed E-state index contributed by atoms with van der Waals surface area (Å²) in [5.74, 6) is 0.107. The van der Waals surface area contributed by atoms with Crippen LogP contribution in [0.5, 0.6) is 0 Å². The summed E-state index contributed by atoms with van der Waals surface area (Å²) in [6, 6.07) is 16.2. The lowest BCUT2D eigenvalue weighted by Crippen LogP contribution is -2.39. The summed E-state index contributed by atoms with van der Waals surface area (Å²) in [5.41, 5.74) is 1.32. The summed E-state index contributed by atoms with van der Waals surface area (Å²) in [5, 5.41) is 10.0. The Balaban J connectivity index is 1.62. The van der Waals surface area contributed by atoms with E-state index in [2.05, 4.69) is 0 Å². The maximum absolute atomic E-state index is 13.0. The van der Waals surface area contributed by atoms with Gasteiger partial charge in [0, 0.05) is 19.0 Å². The van der Waals surface area contributed by atoms with Crippen molar-refractivity contribution in [2.75, 3.05) is 13.1 Å². The quantitative estimate of drug-likeness (QED) is 0.691. The molecule has 7 heteroatoms. The number of fused-ring (bicyclic) bond motifs is 1. The third-order valence-corrected chi connectivity index (χ3v) is 7.70. The largest absolute Gasteiger partial charge is 0.243 e. The minimum atomic E-state index is -3.61. The number of nitriles is 1. The standard InChI is InChI=1S/C19H17N3O2S2/c20-12-14-5-3-7-16(11-14)26(23,24)22-10-4-6-15(13-22)19-21-17-8-1-2-9-18(17)25-19/h1-3,5,7-9,11,15H,4,6,10,13H2/t15-/m0/s1. The van der Waals surface area contributed by atoms with E-state index in [1.165, 1.54) is 10.4 Å². The molecule has 0 amide bonds. The minimum Gasteiger partial charge on any atom is -0.241 e. The van der Waals surface area contributed by atoms with Crippen LogP contribution in [0.25, 0.3) is 10.2 Å². The fourth-order valence-corrected chi connectivity index (χ4v) is 5.97. The van der Waals surface area contributed by atoms with Crippen LogP contribution in [0.4, 0.5) is 0 Å². The topological polar surface area (TPSA) is 74.1 Å². The van der Waals surface area contributed by atoms with Crippen molar-refractivity contribution in [2.24, 2.45) is 0 Å². The molecule has 1 aliphatic heterocycles. The van der Waals surface area contributed by atoms with Crippen molar-refractivity contribution in [1.29, 1.82) is 5.26 Å². The molecule has 0 radical (unpaired) electrons. The molecule has 0 bridgehead atoms. The van der Waals surface area contributed by atoms with Crippen LogP contribution in [0.3, 0.4) is 0 Å². The molecule has 1 aliphatic rings. The van der Waals surface area contributed by atoms with Crippen molar-refractivity contribution < 1.29 is 8.42 Å². The van der Waals surface area contributed by atoms with Gasteiger partial charge in [0.15, 0.2) is 0 Å². The third-order valence-electron chi connectivity index (χ3n) is 4.64. The van der Waals surface area contributed by atoms with Crippen molar-refractivity contribution >= 4 is 31.6 Å². The minimum absolute atomic E-state index is 0.107. The lowest BCUT2D eigenvalue weighted by atomic mass is 10.0. The number of sulfonamides is 1. The number of para-hydroxylation sites is 1. The number of hydrogen-bond acceptors (Lipinski definition) is 5. The average molecular weight is 383 g/mol. The maximum Gasteiger partial charge on any atom is 0.243 e. The molecule has 0 spiro atoms. The molecular weight excluding hydrogens is 366 g/mol. The van der Waals surface area contributed by atoms with Crippen LogP contribution < -0.4 is 0 Å². The van der Waals surface area contributed by atoms with Crippen LogP contribution >= 0.6 is 11.3 Å². The lowest BCUT2D eigenvalue weighted by Gasteiger charge is -2.31. The smallest absolute Gasteiger partial charge is 0.241 e. The predicted octanol–water partition coefficient (Wildman–Crippen LogP) is 3.74. The molecule has 1 aromatic heterocycles. The van der Waals surface area contributed by atoms with E-state index in [0.717, 1.165) is 28.1 Å². The molecule has 132 valence electrons. The van der Waals surface area contributed by atoms with Crippen molar-refractivity contribution in [1.82, 2.24) is 9.29 Å². The van der Waals surface area contributed by atoms with E-state index in [1.54, 1.807) is 29.5 Å². The fourth-order valence-electron chi connectivity index (χ4n) is 3.30. The van der Waals surface area contributed by atoms with Crippen LogP contribution in [-0.4, -0.2) is 30.8 Å². The Morgan fingerprint density at radius 3 is 2.85 bits per heavy atom. The zero-order chi connectivity index (χ0) is 18.1. The third kappa shape index (κ3) is 3.12. The van der Waals surface area contributed by atoms with E-state index in [4.69, 9.17) is 10.2 Å². The molecule has 0 aliphatic carbocycles. The second-order valence-corrected chi connectivity index (χ2v) is 9.36. The number of benzene rings is 2. The normalized spacial score (nSPS) is 18.7. The van der Waals surface area contributed by atoms with Crippen LogP contribution in [0, 0.1) is 11.3 Å². The van der Waals surface area contributed by atoms with Crippen LogP contribution in [0.15, 0.2) is 53.4 Å². The van der Waals surface area contributed by atoms with Gasteiger partial charge in [-0.2, -0.15) is 9.57 Å². The molecule has 1 atom stereocenters. The first-order valence-electron chi connectivity index (χ1n) is 8.44. The summed E-state index contributed by atoms with van der Waals surface area (Å²) in [6.45, 7) is 0.930. The number of rotatable bonds is 3. The molecule has 0 saturated carbocycles.